The van der Waals surface area contributed by atoms with E-state index in [9.17, 15) is 0 Å². The Labute approximate surface area is 120 Å². The number of hydrogen-bond acceptors (Lipinski definition) is 3. The van der Waals surface area contributed by atoms with E-state index in [0.717, 1.165) is 4.47 Å². The van der Waals surface area contributed by atoms with Crippen LogP contribution in [0.1, 0.15) is 42.1 Å². The molecule has 0 spiro atoms. The van der Waals surface area contributed by atoms with Crippen LogP contribution in [0, 0.1) is 6.92 Å². The molecule has 2 heterocycles. The van der Waals surface area contributed by atoms with Crippen LogP contribution in [0.25, 0.3) is 0 Å². The van der Waals surface area contributed by atoms with Crippen molar-refractivity contribution in [2.75, 3.05) is 0 Å². The molecule has 0 aliphatic heterocycles. The third kappa shape index (κ3) is 2.84. The number of thiophene rings is 1. The van der Waals surface area contributed by atoms with Crippen LogP contribution in [-0.4, -0.2) is 9.78 Å². The average Bonchev–Trinajstić information content (AvgIpc) is 2.87. The van der Waals surface area contributed by atoms with E-state index in [1.54, 1.807) is 11.3 Å². The minimum absolute atomic E-state index is 0.301. The molecule has 2 atom stereocenters. The van der Waals surface area contributed by atoms with Crippen LogP contribution in [-0.2, 0) is 7.05 Å². The first-order valence-corrected chi connectivity index (χ1v) is 7.64. The average molecular weight is 328 g/mol. The second kappa shape index (κ2) is 5.55. The zero-order valence-corrected chi connectivity index (χ0v) is 13.5. The van der Waals surface area contributed by atoms with Crippen molar-refractivity contribution in [1.82, 2.24) is 15.1 Å². The van der Waals surface area contributed by atoms with Crippen molar-refractivity contribution in [1.29, 1.82) is 0 Å². The van der Waals surface area contributed by atoms with Crippen LogP contribution in [0.15, 0.2) is 22.1 Å². The Morgan fingerprint density at radius 2 is 2.11 bits per heavy atom. The monoisotopic (exact) mass is 327 g/mol. The number of halogens is 1. The highest BCUT2D eigenvalue weighted by Crippen LogP contribution is 2.27. The molecule has 0 amide bonds. The summed E-state index contributed by atoms with van der Waals surface area (Å²) >= 11 is 5.27. The smallest absolute Gasteiger partial charge is 0.0540 e. The van der Waals surface area contributed by atoms with Gasteiger partial charge in [0.25, 0.3) is 0 Å². The van der Waals surface area contributed by atoms with Crippen LogP contribution >= 0.6 is 27.3 Å². The van der Waals surface area contributed by atoms with Gasteiger partial charge in [0.1, 0.15) is 0 Å². The summed E-state index contributed by atoms with van der Waals surface area (Å²) < 4.78 is 3.07. The molecule has 0 aliphatic carbocycles. The topological polar surface area (TPSA) is 29.9 Å². The lowest BCUT2D eigenvalue weighted by atomic mass is 10.1. The van der Waals surface area contributed by atoms with E-state index >= 15 is 0 Å². The van der Waals surface area contributed by atoms with Crippen LogP contribution in [0.3, 0.4) is 0 Å². The molecule has 0 saturated heterocycles. The number of nitrogens with one attached hydrogen (secondary N) is 1. The first-order valence-electron chi connectivity index (χ1n) is 5.97. The lowest BCUT2D eigenvalue weighted by Gasteiger charge is -2.19. The van der Waals surface area contributed by atoms with E-state index in [0.29, 0.717) is 12.1 Å². The lowest BCUT2D eigenvalue weighted by molar-refractivity contribution is 0.498. The molecule has 98 valence electrons. The van der Waals surface area contributed by atoms with Gasteiger partial charge in [-0.3, -0.25) is 4.68 Å². The van der Waals surface area contributed by atoms with Crippen molar-refractivity contribution in [2.24, 2.45) is 7.05 Å². The maximum absolute atomic E-state index is 4.29. The van der Waals surface area contributed by atoms with Crippen molar-refractivity contribution in [2.45, 2.75) is 32.9 Å². The minimum atomic E-state index is 0.301. The van der Waals surface area contributed by atoms with Crippen LogP contribution < -0.4 is 5.32 Å². The Hall–Kier alpha value is -0.650. The predicted molar refractivity (Wildman–Crippen MR) is 79.9 cm³/mol. The standard InChI is InChI=1S/C13H18BrN3S/c1-8(12-6-15-17(4)10(12)3)16-9(2)13-5-11(14)7-18-13/h5-9,16H,1-4H3. The summed E-state index contributed by atoms with van der Waals surface area (Å²) in [5.74, 6) is 0. The first-order chi connectivity index (χ1) is 8.49. The zero-order chi connectivity index (χ0) is 13.3. The number of rotatable bonds is 4. The molecular formula is C13H18BrN3S. The van der Waals surface area contributed by atoms with Crippen LogP contribution in [0.5, 0.6) is 0 Å². The van der Waals surface area contributed by atoms with Crippen molar-refractivity contribution in [3.63, 3.8) is 0 Å². The van der Waals surface area contributed by atoms with Crippen molar-refractivity contribution in [3.05, 3.63) is 38.3 Å². The van der Waals surface area contributed by atoms with Gasteiger partial charge in [-0.25, -0.2) is 0 Å². The molecule has 2 aromatic rings. The van der Waals surface area contributed by atoms with Gasteiger partial charge in [-0.15, -0.1) is 11.3 Å². The molecule has 0 aromatic carbocycles. The van der Waals surface area contributed by atoms with Gasteiger partial charge in [0.05, 0.1) is 6.20 Å². The lowest BCUT2D eigenvalue weighted by Crippen LogP contribution is -2.22. The highest BCUT2D eigenvalue weighted by molar-refractivity contribution is 9.10. The summed E-state index contributed by atoms with van der Waals surface area (Å²) in [6.45, 7) is 6.48. The fourth-order valence-electron chi connectivity index (χ4n) is 2.04. The Bertz CT molecular complexity index is 532. The van der Waals surface area contributed by atoms with Gasteiger partial charge in [-0.1, -0.05) is 0 Å². The fourth-order valence-corrected chi connectivity index (χ4v) is 3.51. The summed E-state index contributed by atoms with van der Waals surface area (Å²) in [4.78, 5) is 1.34. The molecule has 5 heteroatoms. The molecule has 1 N–H and O–H groups in total. The number of aryl methyl sites for hydroxylation is 1. The van der Waals surface area contributed by atoms with Crippen molar-refractivity contribution in [3.8, 4) is 0 Å². The van der Waals surface area contributed by atoms with E-state index in [4.69, 9.17) is 0 Å². The summed E-state index contributed by atoms with van der Waals surface area (Å²) in [5.41, 5.74) is 2.48. The quantitative estimate of drug-likeness (QED) is 0.920. The van der Waals surface area contributed by atoms with E-state index in [2.05, 4.69) is 58.6 Å². The molecule has 2 rings (SSSR count). The van der Waals surface area contributed by atoms with E-state index < -0.39 is 0 Å². The van der Waals surface area contributed by atoms with Gasteiger partial charge in [-0.2, -0.15) is 5.10 Å². The molecule has 2 aromatic heterocycles. The second-order valence-corrected chi connectivity index (χ2v) is 6.44. The SMILES string of the molecule is Cc1c(C(C)NC(C)c2cc(Br)cs2)cnn1C. The van der Waals surface area contributed by atoms with E-state index in [1.807, 2.05) is 17.9 Å². The van der Waals surface area contributed by atoms with Gasteiger partial charge in [0.2, 0.25) is 0 Å². The van der Waals surface area contributed by atoms with Crippen LogP contribution in [0.2, 0.25) is 0 Å². The number of hydrogen-bond donors (Lipinski definition) is 1. The maximum atomic E-state index is 4.29. The maximum Gasteiger partial charge on any atom is 0.0540 e. The number of aromatic nitrogens is 2. The molecule has 0 aliphatic rings. The zero-order valence-electron chi connectivity index (χ0n) is 11.1. The minimum Gasteiger partial charge on any atom is -0.303 e. The molecule has 0 bridgehead atoms. The Morgan fingerprint density at radius 1 is 1.39 bits per heavy atom. The summed E-state index contributed by atoms with van der Waals surface area (Å²) in [7, 11) is 1.98. The molecule has 0 saturated carbocycles. The normalized spacial score (nSPS) is 14.7. The Kier molecular flexibility index (Phi) is 4.25. The van der Waals surface area contributed by atoms with Gasteiger partial charge in [0, 0.05) is 45.1 Å². The summed E-state index contributed by atoms with van der Waals surface area (Å²) in [6.07, 6.45) is 1.95. The Balaban J connectivity index is 2.07. The molecule has 18 heavy (non-hydrogen) atoms. The van der Waals surface area contributed by atoms with Gasteiger partial charge >= 0.3 is 0 Å². The summed E-state index contributed by atoms with van der Waals surface area (Å²) in [5, 5.41) is 10.0. The second-order valence-electron chi connectivity index (χ2n) is 4.59. The third-order valence-electron chi connectivity index (χ3n) is 3.25. The summed E-state index contributed by atoms with van der Waals surface area (Å²) in [6, 6.07) is 2.82. The first kappa shape index (κ1) is 13.8. The third-order valence-corrected chi connectivity index (χ3v) is 5.13. The van der Waals surface area contributed by atoms with Gasteiger partial charge in [0.15, 0.2) is 0 Å². The Morgan fingerprint density at radius 3 is 2.61 bits per heavy atom. The largest absolute Gasteiger partial charge is 0.303 e. The van der Waals surface area contributed by atoms with Gasteiger partial charge < -0.3 is 5.32 Å². The highest BCUT2D eigenvalue weighted by Gasteiger charge is 2.16. The number of nitrogens with zero attached hydrogens (tertiary/aromatic N) is 2. The van der Waals surface area contributed by atoms with Crippen molar-refractivity contribution < 1.29 is 0 Å². The van der Waals surface area contributed by atoms with E-state index in [-0.39, 0.29) is 0 Å². The van der Waals surface area contributed by atoms with E-state index in [1.165, 1.54) is 16.1 Å². The molecule has 0 fully saturated rings. The predicted octanol–water partition coefficient (Wildman–Crippen LogP) is 3.96. The molecule has 2 unspecified atom stereocenters. The van der Waals surface area contributed by atoms with Crippen molar-refractivity contribution >= 4 is 27.3 Å². The van der Waals surface area contributed by atoms with Gasteiger partial charge in [-0.05, 0) is 42.8 Å². The molecule has 3 nitrogen and oxygen atoms in total. The molecular weight excluding hydrogens is 310 g/mol. The fraction of sp³-hybridized carbons (Fsp3) is 0.462. The molecule has 0 radical (unpaired) electrons. The van der Waals surface area contributed by atoms with Crippen LogP contribution in [0.4, 0.5) is 0 Å². The highest BCUT2D eigenvalue weighted by atomic mass is 79.9.